The van der Waals surface area contributed by atoms with Crippen molar-refractivity contribution in [1.82, 2.24) is 0 Å². The van der Waals surface area contributed by atoms with Crippen LogP contribution in [0.25, 0.3) is 0 Å². The monoisotopic (exact) mass is 422 g/mol. The van der Waals surface area contributed by atoms with Crippen molar-refractivity contribution >= 4 is 23.2 Å². The van der Waals surface area contributed by atoms with Crippen LogP contribution >= 0.6 is 0 Å². The summed E-state index contributed by atoms with van der Waals surface area (Å²) in [6, 6.07) is 12.1. The maximum absolute atomic E-state index is 12.9. The van der Waals surface area contributed by atoms with Crippen LogP contribution in [0.5, 0.6) is 17.2 Å². The minimum atomic E-state index is -0.348. The number of fused-ring (bicyclic) bond motifs is 1. The number of furan rings is 1. The molecule has 0 saturated carbocycles. The molecule has 1 aliphatic rings. The fourth-order valence-electron chi connectivity index (χ4n) is 3.70. The zero-order chi connectivity index (χ0) is 22.0. The highest BCUT2D eigenvalue weighted by Gasteiger charge is 2.27. The molecule has 1 aliphatic heterocycles. The number of nitrogens with one attached hydrogen (secondary N) is 1. The second-order valence-corrected chi connectivity index (χ2v) is 6.86. The topological polar surface area (TPSA) is 90.2 Å². The Balaban J connectivity index is 1.56. The quantitative estimate of drug-likeness (QED) is 0.651. The van der Waals surface area contributed by atoms with Crippen molar-refractivity contribution in [2.75, 3.05) is 38.1 Å². The molecule has 0 bridgehead atoms. The minimum Gasteiger partial charge on any atom is -0.493 e. The van der Waals surface area contributed by atoms with Gasteiger partial charge in [-0.05, 0) is 54.4 Å². The number of rotatable bonds is 6. The van der Waals surface area contributed by atoms with Gasteiger partial charge in [0.05, 0.1) is 33.2 Å². The van der Waals surface area contributed by atoms with Gasteiger partial charge in [0.1, 0.15) is 0 Å². The lowest BCUT2D eigenvalue weighted by Crippen LogP contribution is -2.28. The minimum absolute atomic E-state index is 0.185. The summed E-state index contributed by atoms with van der Waals surface area (Å²) in [7, 11) is 4.47. The van der Waals surface area contributed by atoms with Gasteiger partial charge in [-0.3, -0.25) is 9.59 Å². The molecule has 0 spiro atoms. The third-order valence-electron chi connectivity index (χ3n) is 5.16. The van der Waals surface area contributed by atoms with E-state index in [0.29, 0.717) is 41.5 Å². The van der Waals surface area contributed by atoms with Crippen LogP contribution in [0, 0.1) is 0 Å². The highest BCUT2D eigenvalue weighted by Crippen LogP contribution is 2.40. The number of hydrogen-bond acceptors (Lipinski definition) is 6. The molecule has 1 aromatic heterocycles. The highest BCUT2D eigenvalue weighted by atomic mass is 16.5. The van der Waals surface area contributed by atoms with E-state index in [1.807, 2.05) is 12.1 Å². The van der Waals surface area contributed by atoms with Gasteiger partial charge in [0, 0.05) is 17.9 Å². The summed E-state index contributed by atoms with van der Waals surface area (Å²) < 4.78 is 21.2. The molecule has 1 N–H and O–H groups in total. The van der Waals surface area contributed by atoms with E-state index < -0.39 is 0 Å². The molecule has 0 saturated heterocycles. The molecule has 2 heterocycles. The summed E-state index contributed by atoms with van der Waals surface area (Å²) >= 11 is 0. The summed E-state index contributed by atoms with van der Waals surface area (Å²) in [6.07, 6.45) is 2.16. The maximum atomic E-state index is 12.9. The Morgan fingerprint density at radius 2 is 1.81 bits per heavy atom. The Labute approximate surface area is 179 Å². The second kappa shape index (κ2) is 8.43. The molecule has 2 aromatic carbocycles. The van der Waals surface area contributed by atoms with Crippen molar-refractivity contribution in [3.05, 3.63) is 65.6 Å². The van der Waals surface area contributed by atoms with Crippen molar-refractivity contribution < 1.29 is 28.2 Å². The van der Waals surface area contributed by atoms with Crippen LogP contribution in [-0.2, 0) is 6.42 Å². The molecular formula is C23H22N2O6. The first-order valence-electron chi connectivity index (χ1n) is 9.66. The van der Waals surface area contributed by atoms with Crippen LogP contribution in [0.4, 0.5) is 11.4 Å². The molecule has 4 rings (SSSR count). The number of benzene rings is 2. The average molecular weight is 422 g/mol. The largest absolute Gasteiger partial charge is 0.493 e. The van der Waals surface area contributed by atoms with Gasteiger partial charge >= 0.3 is 0 Å². The summed E-state index contributed by atoms with van der Waals surface area (Å²) in [5.74, 6) is 0.866. The number of anilines is 2. The molecular weight excluding hydrogens is 400 g/mol. The zero-order valence-electron chi connectivity index (χ0n) is 17.4. The molecule has 31 heavy (non-hydrogen) atoms. The molecule has 0 aliphatic carbocycles. The van der Waals surface area contributed by atoms with Gasteiger partial charge in [0.25, 0.3) is 11.8 Å². The Hall–Kier alpha value is -3.94. The number of carbonyl (C=O) groups is 2. The van der Waals surface area contributed by atoms with Gasteiger partial charge in [-0.1, -0.05) is 0 Å². The number of ether oxygens (including phenoxy) is 3. The molecule has 8 heteroatoms. The SMILES string of the molecule is COc1ccc(C(=O)Nc2ccc3c(c2)CCN3C(=O)c2ccco2)c(OC)c1OC. The van der Waals surface area contributed by atoms with E-state index in [4.69, 9.17) is 18.6 Å². The maximum Gasteiger partial charge on any atom is 0.293 e. The van der Waals surface area contributed by atoms with Crippen LogP contribution in [0.2, 0.25) is 0 Å². The first-order chi connectivity index (χ1) is 15.1. The molecule has 0 atom stereocenters. The normalized spacial score (nSPS) is 12.3. The zero-order valence-corrected chi connectivity index (χ0v) is 17.4. The van der Waals surface area contributed by atoms with Crippen molar-refractivity contribution in [2.45, 2.75) is 6.42 Å². The van der Waals surface area contributed by atoms with Gasteiger partial charge in [0.2, 0.25) is 5.75 Å². The molecule has 2 amide bonds. The number of hydrogen-bond donors (Lipinski definition) is 1. The predicted molar refractivity (Wildman–Crippen MR) is 115 cm³/mol. The van der Waals surface area contributed by atoms with Gasteiger partial charge in [-0.2, -0.15) is 0 Å². The third-order valence-corrected chi connectivity index (χ3v) is 5.16. The summed E-state index contributed by atoms with van der Waals surface area (Å²) in [5.41, 5.74) is 2.71. The second-order valence-electron chi connectivity index (χ2n) is 6.86. The Morgan fingerprint density at radius 3 is 2.48 bits per heavy atom. The summed E-state index contributed by atoms with van der Waals surface area (Å²) in [6.45, 7) is 0.551. The number of carbonyl (C=O) groups excluding carboxylic acids is 2. The van der Waals surface area contributed by atoms with E-state index in [1.165, 1.54) is 27.6 Å². The lowest BCUT2D eigenvalue weighted by atomic mass is 10.1. The fraction of sp³-hybridized carbons (Fsp3) is 0.217. The fourth-order valence-corrected chi connectivity index (χ4v) is 3.70. The van der Waals surface area contributed by atoms with E-state index in [2.05, 4.69) is 5.32 Å². The highest BCUT2D eigenvalue weighted by molar-refractivity contribution is 6.08. The number of nitrogens with zero attached hydrogens (tertiary/aromatic N) is 1. The van der Waals surface area contributed by atoms with E-state index in [9.17, 15) is 9.59 Å². The Bertz CT molecular complexity index is 1120. The lowest BCUT2D eigenvalue weighted by Gasteiger charge is -2.17. The van der Waals surface area contributed by atoms with E-state index >= 15 is 0 Å². The van der Waals surface area contributed by atoms with E-state index in [0.717, 1.165) is 11.3 Å². The van der Waals surface area contributed by atoms with Crippen molar-refractivity contribution in [1.29, 1.82) is 0 Å². The molecule has 3 aromatic rings. The summed E-state index contributed by atoms with van der Waals surface area (Å²) in [4.78, 5) is 27.2. The van der Waals surface area contributed by atoms with Crippen LogP contribution < -0.4 is 24.4 Å². The smallest absolute Gasteiger partial charge is 0.293 e. The van der Waals surface area contributed by atoms with Gasteiger partial charge in [-0.15, -0.1) is 0 Å². The Kier molecular flexibility index (Phi) is 5.53. The third kappa shape index (κ3) is 3.68. The first kappa shape index (κ1) is 20.3. The number of methoxy groups -OCH3 is 3. The predicted octanol–water partition coefficient (Wildman–Crippen LogP) is 3.76. The molecule has 160 valence electrons. The van der Waals surface area contributed by atoms with Gasteiger partial charge < -0.3 is 28.8 Å². The Morgan fingerprint density at radius 1 is 1.00 bits per heavy atom. The van der Waals surface area contributed by atoms with Crippen LogP contribution in [0.1, 0.15) is 26.5 Å². The molecule has 0 fully saturated rings. The van der Waals surface area contributed by atoms with Gasteiger partial charge in [-0.25, -0.2) is 0 Å². The summed E-state index contributed by atoms with van der Waals surface area (Å²) in [5, 5.41) is 2.89. The van der Waals surface area contributed by atoms with Crippen molar-refractivity contribution in [2.24, 2.45) is 0 Å². The number of amides is 2. The first-order valence-corrected chi connectivity index (χ1v) is 9.66. The standard InChI is InChI=1S/C23H22N2O6/c1-28-18-9-7-16(20(29-2)21(18)30-3)22(26)24-15-6-8-17-14(13-15)10-11-25(17)23(27)19-5-4-12-31-19/h4-9,12-13H,10-11H2,1-3H3,(H,24,26). The van der Waals surface area contributed by atoms with Crippen LogP contribution in [-0.4, -0.2) is 39.7 Å². The van der Waals surface area contributed by atoms with Gasteiger partial charge in [0.15, 0.2) is 17.3 Å². The van der Waals surface area contributed by atoms with Crippen molar-refractivity contribution in [3.8, 4) is 17.2 Å². The average Bonchev–Trinajstić information content (AvgIpc) is 3.47. The van der Waals surface area contributed by atoms with Crippen molar-refractivity contribution in [3.63, 3.8) is 0 Å². The lowest BCUT2D eigenvalue weighted by molar-refractivity contribution is 0.0961. The molecule has 0 unspecified atom stereocenters. The van der Waals surface area contributed by atoms with Crippen LogP contribution in [0.15, 0.2) is 53.1 Å². The van der Waals surface area contributed by atoms with E-state index in [1.54, 1.807) is 35.2 Å². The molecule has 0 radical (unpaired) electrons. The molecule has 8 nitrogen and oxygen atoms in total. The van der Waals surface area contributed by atoms with Crippen LogP contribution in [0.3, 0.4) is 0 Å². The van der Waals surface area contributed by atoms with E-state index in [-0.39, 0.29) is 17.6 Å².